The molecule has 0 aliphatic carbocycles. The molecule has 0 aromatic rings. The summed E-state index contributed by atoms with van der Waals surface area (Å²) in [5.74, 6) is 0. The summed E-state index contributed by atoms with van der Waals surface area (Å²) in [6, 6.07) is 0. The first kappa shape index (κ1) is 10.1. The summed E-state index contributed by atoms with van der Waals surface area (Å²) in [6.07, 6.45) is -0.279. The summed E-state index contributed by atoms with van der Waals surface area (Å²) in [4.78, 5) is 8.06. The van der Waals surface area contributed by atoms with E-state index in [1.807, 2.05) is 0 Å². The molecule has 0 bridgehead atoms. The highest BCUT2D eigenvalue weighted by Gasteiger charge is 2.37. The minimum absolute atomic E-state index is 0.279. The third-order valence-corrected chi connectivity index (χ3v) is 2.12. The average molecular weight is 186 g/mol. The van der Waals surface area contributed by atoms with Gasteiger partial charge in [0.2, 0.25) is 0 Å². The topological polar surface area (TPSA) is 72.8 Å². The summed E-state index contributed by atoms with van der Waals surface area (Å²) >= 11 is 0. The van der Waals surface area contributed by atoms with Crippen molar-refractivity contribution in [1.82, 2.24) is 0 Å². The van der Waals surface area contributed by atoms with E-state index in [0.717, 1.165) is 0 Å². The Labute approximate surface area is 60.2 Å². The van der Waals surface area contributed by atoms with Crippen molar-refractivity contribution >= 4 is 16.5 Å². The van der Waals surface area contributed by atoms with E-state index in [2.05, 4.69) is 8.83 Å². The van der Waals surface area contributed by atoms with Gasteiger partial charge in [-0.1, -0.05) is 0 Å². The normalized spacial score (nSPS) is 13.6. The van der Waals surface area contributed by atoms with Crippen LogP contribution in [0.25, 0.3) is 0 Å². The molecule has 0 aliphatic heterocycles. The van der Waals surface area contributed by atoms with Gasteiger partial charge in [-0.2, -0.15) is 0 Å². The van der Waals surface area contributed by atoms with Gasteiger partial charge in [-0.3, -0.25) is 0 Å². The van der Waals surface area contributed by atoms with Crippen LogP contribution in [-0.2, 0) is 18.0 Å². The molecule has 1 N–H and O–H groups in total. The molecule has 2 atom stereocenters. The second-order valence-electron chi connectivity index (χ2n) is 1.70. The van der Waals surface area contributed by atoms with E-state index in [1.165, 1.54) is 0 Å². The van der Waals surface area contributed by atoms with E-state index in [1.54, 1.807) is 13.8 Å². The minimum atomic E-state index is -2.83. The van der Waals surface area contributed by atoms with Crippen molar-refractivity contribution in [2.45, 2.75) is 20.0 Å². The maximum absolute atomic E-state index is 10.4. The first-order valence-electron chi connectivity index (χ1n) is 2.50. The Kier molecular flexibility index (Phi) is 4.87. The molecule has 7 heteroatoms. The van der Waals surface area contributed by atoms with Gasteiger partial charge in [0.1, 0.15) is 6.10 Å². The van der Waals surface area contributed by atoms with Crippen LogP contribution in [0.5, 0.6) is 0 Å². The van der Waals surface area contributed by atoms with Crippen LogP contribution >= 0.6 is 16.5 Å². The number of hydrogen-bond acceptors (Lipinski definition) is 4. The second-order valence-corrected chi connectivity index (χ2v) is 3.48. The van der Waals surface area contributed by atoms with Crippen LogP contribution in [0.15, 0.2) is 0 Å². The molecular weight excluding hydrogens is 178 g/mol. The predicted molar refractivity (Wildman–Crippen MR) is 34.7 cm³/mol. The number of hydrogen-bond donors (Lipinski definition) is 1. The van der Waals surface area contributed by atoms with E-state index in [9.17, 15) is 9.13 Å². The monoisotopic (exact) mass is 186 g/mol. The predicted octanol–water partition coefficient (Wildman–Crippen LogP) is 1.74. The first-order valence-corrected chi connectivity index (χ1v) is 4.73. The van der Waals surface area contributed by atoms with Gasteiger partial charge in [-0.05, 0) is 13.8 Å². The lowest BCUT2D eigenvalue weighted by molar-refractivity contribution is 0.224. The molecule has 0 rings (SSSR count). The summed E-state index contributed by atoms with van der Waals surface area (Å²) < 4.78 is 28.7. The van der Waals surface area contributed by atoms with Crippen molar-refractivity contribution < 1.29 is 22.9 Å². The molecule has 10 heavy (non-hydrogen) atoms. The molecule has 0 aliphatic rings. The summed E-state index contributed by atoms with van der Waals surface area (Å²) in [6.45, 7) is 3.28. The highest BCUT2D eigenvalue weighted by molar-refractivity contribution is 7.47. The van der Waals surface area contributed by atoms with Gasteiger partial charge in [0.25, 0.3) is 0 Å². The molecule has 0 aromatic carbocycles. The van der Waals surface area contributed by atoms with E-state index < -0.39 is 16.5 Å². The Morgan fingerprint density at radius 2 is 1.90 bits per heavy atom. The zero-order chi connectivity index (χ0) is 8.15. The molecule has 58 valence electrons. The van der Waals surface area contributed by atoms with E-state index in [-0.39, 0.29) is 6.10 Å². The van der Waals surface area contributed by atoms with E-state index in [4.69, 9.17) is 4.89 Å². The van der Waals surface area contributed by atoms with E-state index in [0.29, 0.717) is 0 Å². The fraction of sp³-hybridized carbons (Fsp3) is 1.00. The lowest BCUT2D eigenvalue weighted by Crippen LogP contribution is -1.93. The van der Waals surface area contributed by atoms with Crippen LogP contribution in [0, 0.1) is 0 Å². The van der Waals surface area contributed by atoms with E-state index >= 15 is 0 Å². The molecular formula is C3H8O5P2+2. The smallest absolute Gasteiger partial charge is 0.131 e. The maximum Gasteiger partial charge on any atom is 0.748 e. The van der Waals surface area contributed by atoms with Crippen LogP contribution in [0.3, 0.4) is 0 Å². The third-order valence-electron chi connectivity index (χ3n) is 0.433. The lowest BCUT2D eigenvalue weighted by atomic mass is 10.5. The average Bonchev–Trinajstić information content (AvgIpc) is 1.58. The van der Waals surface area contributed by atoms with Crippen LogP contribution in [0.1, 0.15) is 13.8 Å². The van der Waals surface area contributed by atoms with Gasteiger partial charge >= 0.3 is 16.5 Å². The van der Waals surface area contributed by atoms with Crippen LogP contribution < -0.4 is 0 Å². The fourth-order valence-corrected chi connectivity index (χ4v) is 1.20. The highest BCUT2D eigenvalue weighted by Crippen LogP contribution is 2.36. The second kappa shape index (κ2) is 4.83. The molecule has 0 spiro atoms. The number of rotatable bonds is 4. The lowest BCUT2D eigenvalue weighted by Gasteiger charge is -1.86. The van der Waals surface area contributed by atoms with Crippen LogP contribution in [0.4, 0.5) is 0 Å². The highest BCUT2D eigenvalue weighted by atomic mass is 31.2. The van der Waals surface area contributed by atoms with Crippen molar-refractivity contribution in [2.24, 2.45) is 0 Å². The van der Waals surface area contributed by atoms with Crippen molar-refractivity contribution in [1.29, 1.82) is 0 Å². The standard InChI is InChI=1S/C3H7O5P2/c1-3(2)7-10(6)8-9(4)5/h3H,1-2H3/q+1/p+1. The zero-order valence-corrected chi connectivity index (χ0v) is 7.34. The van der Waals surface area contributed by atoms with Crippen LogP contribution in [0.2, 0.25) is 0 Å². The van der Waals surface area contributed by atoms with Gasteiger partial charge in [0.05, 0.1) is 0 Å². The third kappa shape index (κ3) is 6.20. The first-order chi connectivity index (χ1) is 4.52. The summed E-state index contributed by atoms with van der Waals surface area (Å²) in [5.41, 5.74) is 0. The Morgan fingerprint density at radius 1 is 1.40 bits per heavy atom. The zero-order valence-electron chi connectivity index (χ0n) is 5.55. The molecule has 0 heterocycles. The fourth-order valence-electron chi connectivity index (χ4n) is 0.248. The van der Waals surface area contributed by atoms with Gasteiger partial charge in [0, 0.05) is 9.13 Å². The molecule has 0 amide bonds. The summed E-state index contributed by atoms with van der Waals surface area (Å²) in [5, 5.41) is 0. The van der Waals surface area contributed by atoms with Crippen molar-refractivity contribution in [3.8, 4) is 0 Å². The van der Waals surface area contributed by atoms with Crippen molar-refractivity contribution in [3.05, 3.63) is 0 Å². The Morgan fingerprint density at radius 3 is 2.20 bits per heavy atom. The maximum atomic E-state index is 10.4. The van der Waals surface area contributed by atoms with Crippen LogP contribution in [-0.4, -0.2) is 11.0 Å². The molecule has 0 saturated carbocycles. The van der Waals surface area contributed by atoms with Gasteiger partial charge in [0.15, 0.2) is 4.31 Å². The van der Waals surface area contributed by atoms with Crippen molar-refractivity contribution in [3.63, 3.8) is 0 Å². The van der Waals surface area contributed by atoms with Gasteiger partial charge < -0.3 is 0 Å². The molecule has 0 radical (unpaired) electrons. The Balaban J connectivity index is 3.54. The quantitative estimate of drug-likeness (QED) is 0.676. The molecule has 5 nitrogen and oxygen atoms in total. The Bertz CT molecular complexity index is 144. The molecule has 2 unspecified atom stereocenters. The van der Waals surface area contributed by atoms with Gasteiger partial charge in [-0.15, -0.1) is 9.42 Å². The summed E-state index contributed by atoms with van der Waals surface area (Å²) in [7, 11) is -5.27. The SMILES string of the molecule is CC(C)O[P+](=O)O[P+](=O)O. The largest absolute Gasteiger partial charge is 0.748 e. The van der Waals surface area contributed by atoms with Gasteiger partial charge in [-0.25, -0.2) is 0 Å². The Hall–Kier alpha value is 0.0800. The minimum Gasteiger partial charge on any atom is -0.131 e. The van der Waals surface area contributed by atoms with Crippen molar-refractivity contribution in [2.75, 3.05) is 0 Å². The molecule has 0 saturated heterocycles. The molecule has 0 aromatic heterocycles. The molecule has 0 fully saturated rings.